The highest BCUT2D eigenvalue weighted by Gasteiger charge is 2.28. The van der Waals surface area contributed by atoms with Gasteiger partial charge in [0.2, 0.25) is 5.91 Å². The van der Waals surface area contributed by atoms with Crippen LogP contribution in [0.5, 0.6) is 5.75 Å². The van der Waals surface area contributed by atoms with E-state index in [1.54, 1.807) is 4.90 Å². The lowest BCUT2D eigenvalue weighted by molar-refractivity contribution is -0.143. The first-order valence-corrected chi connectivity index (χ1v) is 10.8. The topological polar surface area (TPSA) is 58.6 Å². The maximum Gasteiger partial charge on any atom is 0.261 e. The standard InChI is InChI=1S/C25H34N2O3/c1-5-7-15-26-25(29)22(6-2)27(17-21-13-10-11-19(3)16-21)24(28)18-30-23-14-9-8-12-20(23)4/h8-14,16,22H,5-7,15,17-18H2,1-4H3,(H,26,29)/t22-/m0/s1. The molecule has 0 aliphatic rings. The van der Waals surface area contributed by atoms with Crippen molar-refractivity contribution in [3.05, 3.63) is 65.2 Å². The van der Waals surface area contributed by atoms with Crippen LogP contribution in [-0.4, -0.2) is 35.9 Å². The molecule has 0 aliphatic carbocycles. The van der Waals surface area contributed by atoms with Crippen molar-refractivity contribution in [3.63, 3.8) is 0 Å². The molecule has 0 heterocycles. The Bertz CT molecular complexity index is 835. The highest BCUT2D eigenvalue weighted by atomic mass is 16.5. The first-order valence-electron chi connectivity index (χ1n) is 10.8. The lowest BCUT2D eigenvalue weighted by Crippen LogP contribution is -2.50. The second kappa shape index (κ2) is 12.0. The summed E-state index contributed by atoms with van der Waals surface area (Å²) in [6, 6.07) is 15.1. The fourth-order valence-electron chi connectivity index (χ4n) is 3.37. The summed E-state index contributed by atoms with van der Waals surface area (Å²) in [7, 11) is 0. The molecule has 0 spiro atoms. The number of hydrogen-bond donors (Lipinski definition) is 1. The fourth-order valence-corrected chi connectivity index (χ4v) is 3.37. The number of nitrogens with one attached hydrogen (secondary N) is 1. The quantitative estimate of drug-likeness (QED) is 0.559. The number of amides is 2. The van der Waals surface area contributed by atoms with Gasteiger partial charge in [0.1, 0.15) is 11.8 Å². The molecule has 0 aromatic heterocycles. The van der Waals surface area contributed by atoms with Crippen LogP contribution in [0.2, 0.25) is 0 Å². The lowest BCUT2D eigenvalue weighted by atomic mass is 10.1. The summed E-state index contributed by atoms with van der Waals surface area (Å²) in [5.74, 6) is 0.377. The van der Waals surface area contributed by atoms with Gasteiger partial charge in [-0.05, 0) is 43.9 Å². The SMILES string of the molecule is CCCCNC(=O)[C@H](CC)N(Cc1cccc(C)c1)C(=O)COc1ccccc1C. The number of ether oxygens (including phenoxy) is 1. The average Bonchev–Trinajstić information content (AvgIpc) is 2.73. The molecular weight excluding hydrogens is 376 g/mol. The zero-order valence-electron chi connectivity index (χ0n) is 18.6. The molecule has 0 saturated carbocycles. The third-order valence-corrected chi connectivity index (χ3v) is 5.10. The smallest absolute Gasteiger partial charge is 0.261 e. The third kappa shape index (κ3) is 6.90. The second-order valence-corrected chi connectivity index (χ2v) is 7.63. The van der Waals surface area contributed by atoms with Crippen molar-refractivity contribution >= 4 is 11.8 Å². The van der Waals surface area contributed by atoms with Crippen molar-refractivity contribution in [1.29, 1.82) is 0 Å². The number of hydrogen-bond acceptors (Lipinski definition) is 3. The van der Waals surface area contributed by atoms with E-state index < -0.39 is 6.04 Å². The van der Waals surface area contributed by atoms with E-state index in [4.69, 9.17) is 4.74 Å². The molecule has 5 heteroatoms. The van der Waals surface area contributed by atoms with Crippen LogP contribution in [-0.2, 0) is 16.1 Å². The molecule has 2 aromatic carbocycles. The number of para-hydroxylation sites is 1. The molecule has 0 bridgehead atoms. The van der Waals surface area contributed by atoms with Gasteiger partial charge in [-0.15, -0.1) is 0 Å². The highest BCUT2D eigenvalue weighted by molar-refractivity contribution is 5.88. The molecule has 0 unspecified atom stereocenters. The first-order chi connectivity index (χ1) is 14.5. The van der Waals surface area contributed by atoms with Crippen molar-refractivity contribution in [1.82, 2.24) is 10.2 Å². The normalized spacial score (nSPS) is 11.6. The van der Waals surface area contributed by atoms with Gasteiger partial charge in [-0.3, -0.25) is 9.59 Å². The van der Waals surface area contributed by atoms with Crippen molar-refractivity contribution in [3.8, 4) is 5.75 Å². The highest BCUT2D eigenvalue weighted by Crippen LogP contribution is 2.18. The number of aryl methyl sites for hydroxylation is 2. The summed E-state index contributed by atoms with van der Waals surface area (Å²) < 4.78 is 5.79. The van der Waals surface area contributed by atoms with Gasteiger partial charge in [-0.1, -0.05) is 68.3 Å². The molecule has 0 fully saturated rings. The van der Waals surface area contributed by atoms with E-state index in [0.717, 1.165) is 29.5 Å². The molecule has 2 rings (SSSR count). The van der Waals surface area contributed by atoms with Crippen molar-refractivity contribution in [2.75, 3.05) is 13.2 Å². The number of carbonyl (C=O) groups excluding carboxylic acids is 2. The molecule has 0 saturated heterocycles. The van der Waals surface area contributed by atoms with E-state index in [2.05, 4.69) is 12.2 Å². The predicted molar refractivity (Wildman–Crippen MR) is 120 cm³/mol. The Hall–Kier alpha value is -2.82. The molecule has 1 atom stereocenters. The van der Waals surface area contributed by atoms with Crippen molar-refractivity contribution in [2.45, 2.75) is 59.5 Å². The van der Waals surface area contributed by atoms with E-state index in [-0.39, 0.29) is 18.4 Å². The van der Waals surface area contributed by atoms with E-state index in [1.165, 1.54) is 0 Å². The molecule has 5 nitrogen and oxygen atoms in total. The van der Waals surface area contributed by atoms with Gasteiger partial charge in [-0.25, -0.2) is 0 Å². The van der Waals surface area contributed by atoms with Crippen molar-refractivity contribution < 1.29 is 14.3 Å². The monoisotopic (exact) mass is 410 g/mol. The van der Waals surface area contributed by atoms with E-state index in [0.29, 0.717) is 25.3 Å². The van der Waals surface area contributed by atoms with Crippen LogP contribution in [0.25, 0.3) is 0 Å². The Labute approximate surface area is 180 Å². The Morgan fingerprint density at radius 1 is 1.07 bits per heavy atom. The van der Waals surface area contributed by atoms with Gasteiger partial charge in [0.15, 0.2) is 6.61 Å². The molecule has 1 N–H and O–H groups in total. The molecule has 30 heavy (non-hydrogen) atoms. The average molecular weight is 411 g/mol. The van der Waals surface area contributed by atoms with Gasteiger partial charge in [-0.2, -0.15) is 0 Å². The summed E-state index contributed by atoms with van der Waals surface area (Å²) in [4.78, 5) is 27.7. The third-order valence-electron chi connectivity index (χ3n) is 5.10. The minimum Gasteiger partial charge on any atom is -0.484 e. The second-order valence-electron chi connectivity index (χ2n) is 7.63. The zero-order valence-corrected chi connectivity index (χ0v) is 18.6. The number of rotatable bonds is 11. The molecule has 2 aromatic rings. The molecule has 0 radical (unpaired) electrons. The molecule has 0 aliphatic heterocycles. The number of benzene rings is 2. The Balaban J connectivity index is 2.18. The predicted octanol–water partition coefficient (Wildman–Crippen LogP) is 4.41. The summed E-state index contributed by atoms with van der Waals surface area (Å²) in [5.41, 5.74) is 3.09. The van der Waals surface area contributed by atoms with Gasteiger partial charge < -0.3 is 15.0 Å². The van der Waals surface area contributed by atoms with Crippen LogP contribution in [0.15, 0.2) is 48.5 Å². The van der Waals surface area contributed by atoms with Gasteiger partial charge >= 0.3 is 0 Å². The van der Waals surface area contributed by atoms with Gasteiger partial charge in [0.25, 0.3) is 5.91 Å². The van der Waals surface area contributed by atoms with Gasteiger partial charge in [0.05, 0.1) is 0 Å². The van der Waals surface area contributed by atoms with Crippen LogP contribution in [0.4, 0.5) is 0 Å². The number of nitrogens with zero attached hydrogens (tertiary/aromatic N) is 1. The Kier molecular flexibility index (Phi) is 9.39. The summed E-state index contributed by atoms with van der Waals surface area (Å²) in [5, 5.41) is 2.98. The Morgan fingerprint density at radius 2 is 1.83 bits per heavy atom. The number of unbranched alkanes of at least 4 members (excludes halogenated alkanes) is 1. The summed E-state index contributed by atoms with van der Waals surface area (Å²) in [6.45, 7) is 8.87. The van der Waals surface area contributed by atoms with Crippen molar-refractivity contribution in [2.24, 2.45) is 0 Å². The van der Waals surface area contributed by atoms with E-state index in [9.17, 15) is 9.59 Å². The van der Waals surface area contributed by atoms with E-state index >= 15 is 0 Å². The molecular formula is C25H34N2O3. The number of carbonyl (C=O) groups is 2. The molecule has 2 amide bonds. The summed E-state index contributed by atoms with van der Waals surface area (Å²) >= 11 is 0. The Morgan fingerprint density at radius 3 is 2.50 bits per heavy atom. The van der Waals surface area contributed by atoms with Crippen LogP contribution in [0.1, 0.15) is 49.8 Å². The minimum absolute atomic E-state index is 0.102. The molecule has 162 valence electrons. The van der Waals surface area contributed by atoms with Gasteiger partial charge in [0, 0.05) is 13.1 Å². The first kappa shape index (κ1) is 23.5. The minimum atomic E-state index is -0.532. The summed E-state index contributed by atoms with van der Waals surface area (Å²) in [6.07, 6.45) is 2.47. The van der Waals surface area contributed by atoms with Crippen LogP contribution < -0.4 is 10.1 Å². The van der Waals surface area contributed by atoms with Crippen LogP contribution in [0, 0.1) is 13.8 Å². The lowest BCUT2D eigenvalue weighted by Gasteiger charge is -2.30. The van der Waals surface area contributed by atoms with E-state index in [1.807, 2.05) is 69.3 Å². The maximum atomic E-state index is 13.2. The fraction of sp³-hybridized carbons (Fsp3) is 0.440. The maximum absolute atomic E-state index is 13.2. The van der Waals surface area contributed by atoms with Crippen LogP contribution in [0.3, 0.4) is 0 Å². The zero-order chi connectivity index (χ0) is 21.9. The largest absolute Gasteiger partial charge is 0.484 e. The van der Waals surface area contributed by atoms with Crippen LogP contribution >= 0.6 is 0 Å².